The monoisotopic (exact) mass is 527 g/mol. The highest BCUT2D eigenvalue weighted by Crippen LogP contribution is 2.34. The van der Waals surface area contributed by atoms with Crippen LogP contribution in [0.5, 0.6) is 5.88 Å². The van der Waals surface area contributed by atoms with E-state index in [4.69, 9.17) is 9.47 Å². The smallest absolute Gasteiger partial charge is 0.416 e. The molecule has 1 fully saturated rings. The SMILES string of the molecule is CC(C)c1c(OC(=O)N(C)Cc2cccc(F)c2)nn(-c2ccc(F)cc2)c1CCC1CC(O)CC(=O)O1. The minimum atomic E-state index is -0.752. The largest absolute Gasteiger partial charge is 0.462 e. The minimum absolute atomic E-state index is 0.0233. The number of ether oxygens (including phenoxy) is 2. The first-order chi connectivity index (χ1) is 18.1. The van der Waals surface area contributed by atoms with E-state index in [9.17, 15) is 23.5 Å². The van der Waals surface area contributed by atoms with Gasteiger partial charge in [-0.3, -0.25) is 4.79 Å². The van der Waals surface area contributed by atoms with Gasteiger partial charge in [0.05, 0.1) is 23.9 Å². The summed E-state index contributed by atoms with van der Waals surface area (Å²) in [5, 5.41) is 14.6. The number of aliphatic hydroxyl groups is 1. The fourth-order valence-corrected chi connectivity index (χ4v) is 4.60. The van der Waals surface area contributed by atoms with Gasteiger partial charge in [-0.15, -0.1) is 5.10 Å². The van der Waals surface area contributed by atoms with Gasteiger partial charge in [0.1, 0.15) is 17.7 Å². The number of aromatic nitrogens is 2. The zero-order valence-corrected chi connectivity index (χ0v) is 21.6. The molecule has 1 aliphatic rings. The zero-order valence-electron chi connectivity index (χ0n) is 21.6. The molecule has 1 N–H and O–H groups in total. The molecule has 0 aliphatic carbocycles. The Morgan fingerprint density at radius 2 is 1.95 bits per heavy atom. The topological polar surface area (TPSA) is 93.9 Å². The maximum atomic E-state index is 13.6. The third kappa shape index (κ3) is 6.55. The molecule has 2 heterocycles. The van der Waals surface area contributed by atoms with Crippen molar-refractivity contribution in [2.75, 3.05) is 7.05 Å². The quantitative estimate of drug-likeness (QED) is 0.419. The van der Waals surface area contributed by atoms with E-state index in [0.717, 1.165) is 5.69 Å². The van der Waals surface area contributed by atoms with Gasteiger partial charge in [0.2, 0.25) is 5.88 Å². The van der Waals surface area contributed by atoms with Crippen LogP contribution in [0.2, 0.25) is 0 Å². The van der Waals surface area contributed by atoms with Crippen molar-refractivity contribution < 1.29 is 33.0 Å². The summed E-state index contributed by atoms with van der Waals surface area (Å²) in [6.07, 6.45) is -0.758. The number of halogens is 2. The van der Waals surface area contributed by atoms with E-state index in [1.54, 1.807) is 36.0 Å². The van der Waals surface area contributed by atoms with Crippen molar-refractivity contribution in [2.24, 2.45) is 0 Å². The summed E-state index contributed by atoms with van der Waals surface area (Å²) >= 11 is 0. The van der Waals surface area contributed by atoms with Gasteiger partial charge in [0, 0.05) is 25.6 Å². The Labute approximate surface area is 219 Å². The number of nitrogens with zero attached hydrogens (tertiary/aromatic N) is 3. The number of carbonyl (C=O) groups excluding carboxylic acids is 2. The van der Waals surface area contributed by atoms with E-state index in [-0.39, 0.29) is 24.8 Å². The molecule has 0 bridgehead atoms. The lowest BCUT2D eigenvalue weighted by Gasteiger charge is -2.26. The van der Waals surface area contributed by atoms with Crippen molar-refractivity contribution in [2.45, 2.75) is 64.2 Å². The number of benzene rings is 2. The van der Waals surface area contributed by atoms with Gasteiger partial charge in [-0.2, -0.15) is 0 Å². The highest BCUT2D eigenvalue weighted by molar-refractivity contribution is 5.71. The van der Waals surface area contributed by atoms with Crippen LogP contribution in [0.1, 0.15) is 55.8 Å². The van der Waals surface area contributed by atoms with E-state index < -0.39 is 35.9 Å². The lowest BCUT2D eigenvalue weighted by Crippen LogP contribution is -2.33. The highest BCUT2D eigenvalue weighted by atomic mass is 19.1. The van der Waals surface area contributed by atoms with Crippen LogP contribution in [0.4, 0.5) is 13.6 Å². The number of hydrogen-bond donors (Lipinski definition) is 1. The molecule has 0 saturated carbocycles. The van der Waals surface area contributed by atoms with Gasteiger partial charge in [-0.1, -0.05) is 26.0 Å². The Morgan fingerprint density at radius 3 is 2.61 bits per heavy atom. The Balaban J connectivity index is 1.62. The maximum absolute atomic E-state index is 13.6. The Hall–Kier alpha value is -3.79. The molecule has 1 aromatic heterocycles. The molecule has 8 nitrogen and oxygen atoms in total. The summed E-state index contributed by atoms with van der Waals surface area (Å²) in [5.41, 5.74) is 2.58. The standard InChI is InChI=1S/C28H31F2N3O5/c1-17(2)26-24(12-11-23-14-22(34)15-25(35)37-23)33(21-9-7-19(29)8-10-21)31-27(26)38-28(36)32(3)16-18-5-4-6-20(30)13-18/h4-10,13,17,22-23,34H,11-12,14-16H2,1-3H3. The van der Waals surface area contributed by atoms with E-state index >= 15 is 0 Å². The average Bonchev–Trinajstić information content (AvgIpc) is 3.20. The number of cyclic esters (lactones) is 1. The van der Waals surface area contributed by atoms with Crippen LogP contribution in [-0.4, -0.2) is 51.1 Å². The third-order valence-corrected chi connectivity index (χ3v) is 6.38. The van der Waals surface area contributed by atoms with Crippen molar-refractivity contribution in [3.05, 3.63) is 77.0 Å². The number of carbonyl (C=O) groups is 2. The van der Waals surface area contributed by atoms with Crippen LogP contribution in [0.25, 0.3) is 5.69 Å². The van der Waals surface area contributed by atoms with Crippen molar-refractivity contribution >= 4 is 12.1 Å². The van der Waals surface area contributed by atoms with Crippen molar-refractivity contribution in [3.63, 3.8) is 0 Å². The Kier molecular flexibility index (Phi) is 8.41. The second-order valence-corrected chi connectivity index (χ2v) is 9.81. The van der Waals surface area contributed by atoms with Gasteiger partial charge >= 0.3 is 12.1 Å². The molecule has 4 rings (SSSR count). The second-order valence-electron chi connectivity index (χ2n) is 9.81. The van der Waals surface area contributed by atoms with E-state index in [1.165, 1.54) is 29.2 Å². The van der Waals surface area contributed by atoms with Crippen LogP contribution in [0, 0.1) is 11.6 Å². The van der Waals surface area contributed by atoms with Crippen molar-refractivity contribution in [3.8, 4) is 11.6 Å². The Bertz CT molecular complexity index is 1290. The van der Waals surface area contributed by atoms with Gasteiger partial charge in [-0.25, -0.2) is 18.3 Å². The van der Waals surface area contributed by atoms with Crippen LogP contribution in [0.3, 0.4) is 0 Å². The van der Waals surface area contributed by atoms with E-state index in [0.29, 0.717) is 36.1 Å². The van der Waals surface area contributed by atoms with Crippen LogP contribution in [0.15, 0.2) is 48.5 Å². The summed E-state index contributed by atoms with van der Waals surface area (Å²) in [6, 6.07) is 11.7. The molecular weight excluding hydrogens is 496 g/mol. The lowest BCUT2D eigenvalue weighted by atomic mass is 9.96. The first-order valence-corrected chi connectivity index (χ1v) is 12.5. The van der Waals surface area contributed by atoms with Crippen molar-refractivity contribution in [1.82, 2.24) is 14.7 Å². The molecule has 2 unspecified atom stereocenters. The molecule has 0 radical (unpaired) electrons. The molecule has 1 amide bonds. The van der Waals surface area contributed by atoms with Crippen LogP contribution >= 0.6 is 0 Å². The molecule has 38 heavy (non-hydrogen) atoms. The Morgan fingerprint density at radius 1 is 1.21 bits per heavy atom. The molecule has 202 valence electrons. The molecule has 10 heteroatoms. The van der Waals surface area contributed by atoms with Crippen molar-refractivity contribution in [1.29, 1.82) is 0 Å². The number of amides is 1. The van der Waals surface area contributed by atoms with Gasteiger partial charge in [0.25, 0.3) is 0 Å². The predicted molar refractivity (Wildman–Crippen MR) is 135 cm³/mol. The lowest BCUT2D eigenvalue weighted by molar-refractivity contribution is -0.160. The molecular formula is C28H31F2N3O5. The summed E-state index contributed by atoms with van der Waals surface area (Å²) in [6.45, 7) is 4.01. The zero-order chi connectivity index (χ0) is 27.4. The maximum Gasteiger partial charge on any atom is 0.416 e. The first-order valence-electron chi connectivity index (χ1n) is 12.5. The third-order valence-electron chi connectivity index (χ3n) is 6.38. The number of aliphatic hydroxyl groups excluding tert-OH is 1. The van der Waals surface area contributed by atoms with E-state index in [1.807, 2.05) is 13.8 Å². The van der Waals surface area contributed by atoms with Gasteiger partial charge in [-0.05, 0) is 60.7 Å². The van der Waals surface area contributed by atoms with Crippen LogP contribution < -0.4 is 4.74 Å². The summed E-state index contributed by atoms with van der Waals surface area (Å²) in [4.78, 5) is 26.1. The van der Waals surface area contributed by atoms with Crippen LogP contribution in [-0.2, 0) is 22.5 Å². The number of hydrogen-bond acceptors (Lipinski definition) is 6. The minimum Gasteiger partial charge on any atom is -0.462 e. The molecule has 3 aromatic rings. The average molecular weight is 528 g/mol. The number of esters is 1. The fraction of sp³-hybridized carbons (Fsp3) is 0.393. The molecule has 1 saturated heterocycles. The van der Waals surface area contributed by atoms with E-state index in [2.05, 4.69) is 5.10 Å². The molecule has 0 spiro atoms. The van der Waals surface area contributed by atoms with Gasteiger partial charge in [0.15, 0.2) is 0 Å². The first kappa shape index (κ1) is 27.3. The molecule has 1 aliphatic heterocycles. The fourth-order valence-electron chi connectivity index (χ4n) is 4.60. The second kappa shape index (κ2) is 11.7. The summed E-state index contributed by atoms with van der Waals surface area (Å²) in [7, 11) is 1.54. The number of rotatable bonds is 8. The summed E-state index contributed by atoms with van der Waals surface area (Å²) < 4.78 is 40.0. The molecule has 2 atom stereocenters. The normalized spacial score (nSPS) is 17.4. The van der Waals surface area contributed by atoms with Gasteiger partial charge < -0.3 is 19.5 Å². The highest BCUT2D eigenvalue weighted by Gasteiger charge is 2.30. The predicted octanol–water partition coefficient (Wildman–Crippen LogP) is 4.90. The molecule has 2 aromatic carbocycles. The summed E-state index contributed by atoms with van der Waals surface area (Å²) in [5.74, 6) is -1.24.